The van der Waals surface area contributed by atoms with Crippen molar-refractivity contribution in [2.24, 2.45) is 0 Å². The van der Waals surface area contributed by atoms with Crippen LogP contribution in [0.5, 0.6) is 0 Å². The van der Waals surface area contributed by atoms with Gasteiger partial charge in [0.25, 0.3) is 0 Å². The zero-order valence-corrected chi connectivity index (χ0v) is 36.2. The number of rotatable bonds is 25. The van der Waals surface area contributed by atoms with Crippen LogP contribution in [0.4, 0.5) is 0 Å². The van der Waals surface area contributed by atoms with Gasteiger partial charge >= 0.3 is 0 Å². The molecular formula is C40H80Cl2N2O5S. The van der Waals surface area contributed by atoms with Crippen LogP contribution in [0.1, 0.15) is 177 Å². The Kier molecular flexibility index (Phi) is 37.0. The fraction of sp³-hybridized carbons (Fsp3) is 0.850. The molecule has 1 aromatic carbocycles. The topological polar surface area (TPSA) is 100 Å². The van der Waals surface area contributed by atoms with Gasteiger partial charge in [-0.15, -0.1) is 0 Å². The Hall–Kier alpha value is -0.450. The van der Waals surface area contributed by atoms with Gasteiger partial charge in [0.1, 0.15) is 0 Å². The molecule has 300 valence electrons. The lowest BCUT2D eigenvalue weighted by molar-refractivity contribution is -0.929. The van der Waals surface area contributed by atoms with Gasteiger partial charge in [0.05, 0.1) is 58.5 Å². The zero-order valence-electron chi connectivity index (χ0n) is 33.9. The highest BCUT2D eigenvalue weighted by Crippen LogP contribution is 2.25. The van der Waals surface area contributed by atoms with Crippen molar-refractivity contribution in [2.45, 2.75) is 171 Å². The Morgan fingerprint density at radius 1 is 0.560 bits per heavy atom. The number of halogens is 2. The lowest BCUT2D eigenvalue weighted by Gasteiger charge is -2.39. The second-order valence-electron chi connectivity index (χ2n) is 14.1. The lowest BCUT2D eigenvalue weighted by atomic mass is 10.1. The average molecular weight is 772 g/mol. The molecule has 0 radical (unpaired) electrons. The van der Waals surface area contributed by atoms with Gasteiger partial charge in [0.15, 0.2) is 0 Å². The van der Waals surface area contributed by atoms with E-state index in [1.807, 2.05) is 0 Å². The Morgan fingerprint density at radius 3 is 0.940 bits per heavy atom. The zero-order chi connectivity index (χ0) is 38.9. The van der Waals surface area contributed by atoms with Crippen molar-refractivity contribution in [3.63, 3.8) is 0 Å². The van der Waals surface area contributed by atoms with Crippen LogP contribution >= 0.6 is 23.2 Å². The molecule has 0 fully saturated rings. The van der Waals surface area contributed by atoms with E-state index in [9.17, 15) is 5.11 Å². The van der Waals surface area contributed by atoms with Crippen molar-refractivity contribution in [3.05, 3.63) is 33.8 Å². The normalized spacial score (nSPS) is 12.2. The van der Waals surface area contributed by atoms with Crippen molar-refractivity contribution < 1.29 is 31.6 Å². The molecule has 0 saturated heterocycles. The van der Waals surface area contributed by atoms with Gasteiger partial charge in [-0.2, -0.15) is 0 Å². The number of unbranched alkanes of at least 4 members (excludes halogenated alkanes) is 8. The van der Waals surface area contributed by atoms with E-state index in [2.05, 4.69) is 55.4 Å². The second kappa shape index (κ2) is 34.3. The van der Waals surface area contributed by atoms with Gasteiger partial charge < -0.3 is 23.2 Å². The molecule has 10 heteroatoms. The molecule has 1 unspecified atom stereocenters. The highest BCUT2D eigenvalue weighted by atomic mass is 35.5. The summed E-state index contributed by atoms with van der Waals surface area (Å²) in [7, 11) is -5.17. The molecule has 0 aliphatic heterocycles. The summed E-state index contributed by atoms with van der Waals surface area (Å²) in [6.07, 6.45) is 21.6. The Labute approximate surface area is 321 Å². The number of benzene rings is 1. The van der Waals surface area contributed by atoms with Crippen molar-refractivity contribution in [1.29, 1.82) is 0 Å². The van der Waals surface area contributed by atoms with Crippen molar-refractivity contribution in [3.8, 4) is 0 Å². The van der Waals surface area contributed by atoms with Crippen molar-refractivity contribution in [1.82, 2.24) is 0 Å². The van der Waals surface area contributed by atoms with E-state index in [4.69, 9.17) is 40.7 Å². The molecule has 50 heavy (non-hydrogen) atoms. The first kappa shape index (κ1) is 53.9. The first-order valence-corrected chi connectivity index (χ1v) is 22.2. The quantitative estimate of drug-likeness (QED) is 0.0606. The molecule has 0 saturated carbocycles. The molecule has 0 bridgehead atoms. The molecule has 1 rings (SSSR count). The number of hydrogen-bond donors (Lipinski definition) is 1. The Balaban J connectivity index is -0.000000630. The number of aliphatic hydroxyl groups is 1. The van der Waals surface area contributed by atoms with Gasteiger partial charge in [0, 0.05) is 26.0 Å². The van der Waals surface area contributed by atoms with E-state index < -0.39 is 16.5 Å². The minimum atomic E-state index is -5.17. The first-order chi connectivity index (χ1) is 23.6. The molecule has 0 aromatic heterocycles. The second-order valence-corrected chi connectivity index (χ2v) is 15.7. The summed E-state index contributed by atoms with van der Waals surface area (Å²) in [5.41, 5.74) is 0.666. The summed E-state index contributed by atoms with van der Waals surface area (Å²) < 4.78 is 36.9. The maximum absolute atomic E-state index is 9.19. The summed E-state index contributed by atoms with van der Waals surface area (Å²) >= 11 is 11.5. The maximum Gasteiger partial charge on any atom is 0.0786 e. The number of hydrogen-bond acceptors (Lipinski definition) is 5. The third-order valence-electron chi connectivity index (χ3n) is 9.30. The highest BCUT2D eigenvalue weighted by molar-refractivity contribution is 7.79. The van der Waals surface area contributed by atoms with Gasteiger partial charge in [-0.25, -0.2) is 0 Å². The summed E-state index contributed by atoms with van der Waals surface area (Å²) in [6, 6.07) is 5.02. The summed E-state index contributed by atoms with van der Waals surface area (Å²) in [4.78, 5) is 0. The molecule has 0 heterocycles. The fourth-order valence-corrected chi connectivity index (χ4v) is 6.58. The summed E-state index contributed by atoms with van der Waals surface area (Å²) in [5, 5.41) is 10.3. The standard InChI is InChI=1S/2C16H36N.C8H8Cl2O.H2O4S/c2*1-5-9-13-17(14-10-6-2,15-11-7-3)16-12-8-4;1-5(11)7-4-6(9)2-3-8(7)10;1-5(2,3)4/h2*5-16H2,1-4H3;2-5,11H,1H3;(H2,1,2,3,4)/q2*+1;;/p-2. The van der Waals surface area contributed by atoms with Crippen LogP contribution in [0.15, 0.2) is 18.2 Å². The van der Waals surface area contributed by atoms with Crippen molar-refractivity contribution in [2.75, 3.05) is 52.4 Å². The molecule has 1 N–H and O–H groups in total. The Bertz CT molecular complexity index is 877. The predicted molar refractivity (Wildman–Crippen MR) is 216 cm³/mol. The van der Waals surface area contributed by atoms with Gasteiger partial charge in [-0.3, -0.25) is 8.42 Å². The lowest BCUT2D eigenvalue weighted by Crippen LogP contribution is -2.50. The summed E-state index contributed by atoms with van der Waals surface area (Å²) in [5.74, 6) is 0. The Morgan fingerprint density at radius 2 is 0.780 bits per heavy atom. The molecule has 0 aliphatic rings. The molecule has 0 aliphatic carbocycles. The van der Waals surface area contributed by atoms with Gasteiger partial charge in [0.2, 0.25) is 0 Å². The minimum absolute atomic E-state index is 0.546. The van der Waals surface area contributed by atoms with Crippen LogP contribution < -0.4 is 0 Å². The van der Waals surface area contributed by atoms with Crippen LogP contribution in [0.25, 0.3) is 0 Å². The number of quaternary nitrogens is 2. The van der Waals surface area contributed by atoms with E-state index in [1.165, 1.54) is 164 Å². The monoisotopic (exact) mass is 771 g/mol. The third-order valence-corrected chi connectivity index (χ3v) is 9.88. The maximum atomic E-state index is 9.19. The van der Waals surface area contributed by atoms with Crippen LogP contribution in [-0.4, -0.2) is 84.0 Å². The highest BCUT2D eigenvalue weighted by Gasteiger charge is 2.25. The predicted octanol–water partition coefficient (Wildman–Crippen LogP) is 11.7. The van der Waals surface area contributed by atoms with Crippen molar-refractivity contribution >= 4 is 33.6 Å². The third kappa shape index (κ3) is 32.2. The number of aliphatic hydroxyl groups excluding tert-OH is 1. The van der Waals surface area contributed by atoms with Crippen LogP contribution in [0.2, 0.25) is 10.0 Å². The van der Waals surface area contributed by atoms with Gasteiger partial charge in [-0.05, 0) is 76.5 Å². The van der Waals surface area contributed by atoms with E-state index in [1.54, 1.807) is 25.1 Å². The largest absolute Gasteiger partial charge is 0.759 e. The minimum Gasteiger partial charge on any atom is -0.759 e. The molecule has 7 nitrogen and oxygen atoms in total. The summed E-state index contributed by atoms with van der Waals surface area (Å²) in [6.45, 7) is 31.7. The van der Waals surface area contributed by atoms with E-state index in [0.717, 1.165) is 0 Å². The van der Waals surface area contributed by atoms with Crippen LogP contribution in [0, 0.1) is 0 Å². The average Bonchev–Trinajstić information content (AvgIpc) is 3.07. The van der Waals surface area contributed by atoms with Crippen LogP contribution in [0.3, 0.4) is 0 Å². The smallest absolute Gasteiger partial charge is 0.0786 e. The number of nitrogens with zero attached hydrogens (tertiary/aromatic N) is 2. The van der Waals surface area contributed by atoms with Crippen LogP contribution in [-0.2, 0) is 10.4 Å². The molecule has 1 aromatic rings. The van der Waals surface area contributed by atoms with Gasteiger partial charge in [-0.1, -0.05) is 130 Å². The van der Waals surface area contributed by atoms with E-state index in [0.29, 0.717) is 15.6 Å². The van der Waals surface area contributed by atoms with E-state index >= 15 is 0 Å². The molecular weight excluding hydrogens is 691 g/mol. The SMILES string of the molecule is CC(O)c1cc(Cl)ccc1Cl.CCCC[N+](CCCC)(CCCC)CCCC.CCCC[N+](CCCC)(CCCC)CCCC.O=S(=O)([O-])[O-]. The molecule has 1 atom stereocenters. The molecule has 0 spiro atoms. The van der Waals surface area contributed by atoms with E-state index in [-0.39, 0.29) is 0 Å². The fourth-order valence-electron chi connectivity index (χ4n) is 6.12. The first-order valence-electron chi connectivity index (χ1n) is 20.1. The molecule has 0 amide bonds.